The summed E-state index contributed by atoms with van der Waals surface area (Å²) < 4.78 is 10.1. The van der Waals surface area contributed by atoms with Gasteiger partial charge in [0.1, 0.15) is 5.75 Å². The summed E-state index contributed by atoms with van der Waals surface area (Å²) in [5.41, 5.74) is 6.38. The van der Waals surface area contributed by atoms with Crippen LogP contribution in [0.4, 0.5) is 5.13 Å². The van der Waals surface area contributed by atoms with Crippen molar-refractivity contribution in [1.82, 2.24) is 4.98 Å². The van der Waals surface area contributed by atoms with Gasteiger partial charge in [0.2, 0.25) is 5.06 Å². The first-order valence-electron chi connectivity index (χ1n) is 5.22. The molecule has 2 aromatic rings. The molecule has 0 saturated heterocycles. The Morgan fingerprint density at radius 1 is 1.39 bits per heavy atom. The van der Waals surface area contributed by atoms with E-state index in [1.807, 2.05) is 12.1 Å². The number of carbonyl (C=O) groups is 1. The van der Waals surface area contributed by atoms with Gasteiger partial charge in [-0.05, 0) is 17.7 Å². The molecule has 1 aromatic carbocycles. The van der Waals surface area contributed by atoms with Crippen LogP contribution < -0.4 is 10.5 Å². The number of nitrogens with zero attached hydrogens (tertiary/aromatic N) is 1. The molecule has 0 aliphatic rings. The largest absolute Gasteiger partial charge is 0.469 e. The van der Waals surface area contributed by atoms with Crippen molar-refractivity contribution in [2.75, 3.05) is 12.8 Å². The molecule has 0 saturated carbocycles. The summed E-state index contributed by atoms with van der Waals surface area (Å²) in [6.07, 6.45) is 1.83. The first-order chi connectivity index (χ1) is 8.67. The lowest BCUT2D eigenvalue weighted by Gasteiger charge is -2.03. The van der Waals surface area contributed by atoms with Crippen molar-refractivity contribution in [2.24, 2.45) is 0 Å². The van der Waals surface area contributed by atoms with Gasteiger partial charge in [-0.25, -0.2) is 4.98 Å². The van der Waals surface area contributed by atoms with Crippen LogP contribution in [0.25, 0.3) is 0 Å². The van der Waals surface area contributed by atoms with E-state index in [9.17, 15) is 4.79 Å². The van der Waals surface area contributed by atoms with Crippen LogP contribution in [-0.2, 0) is 16.0 Å². The first kappa shape index (κ1) is 12.4. The molecule has 0 aliphatic heterocycles. The summed E-state index contributed by atoms with van der Waals surface area (Å²) in [4.78, 5) is 15.0. The number of benzene rings is 1. The van der Waals surface area contributed by atoms with E-state index < -0.39 is 0 Å². The Hall–Kier alpha value is -2.08. The Bertz CT molecular complexity index is 537. The summed E-state index contributed by atoms with van der Waals surface area (Å²) in [5.74, 6) is 0.408. The summed E-state index contributed by atoms with van der Waals surface area (Å²) in [6.45, 7) is 0. The second kappa shape index (κ2) is 5.50. The number of ether oxygens (including phenoxy) is 2. The highest BCUT2D eigenvalue weighted by molar-refractivity contribution is 7.17. The number of nitrogens with two attached hydrogens (primary N) is 1. The van der Waals surface area contributed by atoms with Gasteiger partial charge in [-0.15, -0.1) is 0 Å². The molecule has 5 nitrogen and oxygen atoms in total. The third kappa shape index (κ3) is 3.21. The van der Waals surface area contributed by atoms with E-state index in [-0.39, 0.29) is 12.4 Å². The van der Waals surface area contributed by atoms with Gasteiger partial charge in [-0.2, -0.15) is 0 Å². The van der Waals surface area contributed by atoms with Crippen LogP contribution in [0.1, 0.15) is 5.56 Å². The number of hydrogen-bond acceptors (Lipinski definition) is 6. The van der Waals surface area contributed by atoms with Gasteiger partial charge in [-0.3, -0.25) is 4.79 Å². The molecule has 0 spiro atoms. The lowest BCUT2D eigenvalue weighted by molar-refractivity contribution is -0.139. The van der Waals surface area contributed by atoms with Gasteiger partial charge in [0, 0.05) is 0 Å². The van der Waals surface area contributed by atoms with Crippen molar-refractivity contribution in [3.05, 3.63) is 36.0 Å². The van der Waals surface area contributed by atoms with Crippen LogP contribution in [0.5, 0.6) is 10.8 Å². The molecule has 2 N–H and O–H groups in total. The lowest BCUT2D eigenvalue weighted by atomic mass is 10.1. The Labute approximate surface area is 108 Å². The molecule has 1 heterocycles. The van der Waals surface area contributed by atoms with Gasteiger partial charge in [0.25, 0.3) is 0 Å². The number of esters is 1. The van der Waals surface area contributed by atoms with Crippen LogP contribution >= 0.6 is 11.3 Å². The number of carbonyl (C=O) groups excluding carboxylic acids is 1. The minimum atomic E-state index is -0.265. The molecule has 6 heteroatoms. The molecule has 2 rings (SSSR count). The maximum absolute atomic E-state index is 11.1. The number of methoxy groups -OCH3 is 1. The van der Waals surface area contributed by atoms with Crippen LogP contribution in [-0.4, -0.2) is 18.1 Å². The number of hydrogen-bond donors (Lipinski definition) is 1. The molecule has 0 bridgehead atoms. The van der Waals surface area contributed by atoms with Crippen molar-refractivity contribution < 1.29 is 14.3 Å². The lowest BCUT2D eigenvalue weighted by Crippen LogP contribution is -2.03. The van der Waals surface area contributed by atoms with E-state index in [0.29, 0.717) is 15.9 Å². The van der Waals surface area contributed by atoms with Crippen LogP contribution in [0.15, 0.2) is 30.5 Å². The van der Waals surface area contributed by atoms with Crippen LogP contribution in [0.3, 0.4) is 0 Å². The molecule has 1 aromatic heterocycles. The fourth-order valence-electron chi connectivity index (χ4n) is 1.35. The average Bonchev–Trinajstić information content (AvgIpc) is 2.77. The minimum Gasteiger partial charge on any atom is -0.469 e. The summed E-state index contributed by atoms with van der Waals surface area (Å²) >= 11 is 1.27. The van der Waals surface area contributed by atoms with Crippen molar-refractivity contribution in [3.63, 3.8) is 0 Å². The molecule has 0 atom stereocenters. The molecule has 18 heavy (non-hydrogen) atoms. The Kier molecular flexibility index (Phi) is 3.78. The standard InChI is InChI=1S/C12H12N2O3S/c1-16-10(15)6-8-2-4-9(5-3-8)17-11-7-14-12(13)18-11/h2-5,7H,6H2,1H3,(H2,13,14). The fraction of sp³-hybridized carbons (Fsp3) is 0.167. The van der Waals surface area contributed by atoms with Crippen molar-refractivity contribution in [2.45, 2.75) is 6.42 Å². The minimum absolute atomic E-state index is 0.254. The van der Waals surface area contributed by atoms with E-state index in [1.165, 1.54) is 18.4 Å². The van der Waals surface area contributed by atoms with E-state index >= 15 is 0 Å². The Balaban J connectivity index is 2.01. The molecule has 0 aliphatic carbocycles. The average molecular weight is 264 g/mol. The number of aromatic nitrogens is 1. The highest BCUT2D eigenvalue weighted by atomic mass is 32.1. The summed E-state index contributed by atoms with van der Waals surface area (Å²) in [6, 6.07) is 7.20. The van der Waals surface area contributed by atoms with Gasteiger partial charge < -0.3 is 15.2 Å². The highest BCUT2D eigenvalue weighted by Crippen LogP contribution is 2.28. The second-order valence-corrected chi connectivity index (χ2v) is 4.54. The number of anilines is 1. The molecule has 0 radical (unpaired) electrons. The summed E-state index contributed by atoms with van der Waals surface area (Å²) in [7, 11) is 1.37. The maximum Gasteiger partial charge on any atom is 0.309 e. The number of thiazole rings is 1. The van der Waals surface area contributed by atoms with E-state index in [4.69, 9.17) is 10.5 Å². The van der Waals surface area contributed by atoms with Crippen molar-refractivity contribution >= 4 is 22.4 Å². The topological polar surface area (TPSA) is 74.4 Å². The molecular weight excluding hydrogens is 252 g/mol. The first-order valence-corrected chi connectivity index (χ1v) is 6.04. The van der Waals surface area contributed by atoms with Gasteiger partial charge in [0.05, 0.1) is 19.7 Å². The molecule has 0 unspecified atom stereocenters. The Morgan fingerprint density at radius 3 is 2.67 bits per heavy atom. The van der Waals surface area contributed by atoms with E-state index in [0.717, 1.165) is 5.56 Å². The summed E-state index contributed by atoms with van der Waals surface area (Å²) in [5, 5.41) is 1.10. The second-order valence-electron chi connectivity index (χ2n) is 3.52. The van der Waals surface area contributed by atoms with Gasteiger partial charge in [-0.1, -0.05) is 23.5 Å². The number of rotatable bonds is 4. The van der Waals surface area contributed by atoms with Crippen LogP contribution in [0.2, 0.25) is 0 Å². The molecule has 0 amide bonds. The van der Waals surface area contributed by atoms with Crippen LogP contribution in [0, 0.1) is 0 Å². The SMILES string of the molecule is COC(=O)Cc1ccc(Oc2cnc(N)s2)cc1. The maximum atomic E-state index is 11.1. The van der Waals surface area contributed by atoms with Crippen molar-refractivity contribution in [1.29, 1.82) is 0 Å². The zero-order valence-electron chi connectivity index (χ0n) is 9.75. The highest BCUT2D eigenvalue weighted by Gasteiger charge is 2.04. The molecule has 0 fully saturated rings. The van der Waals surface area contributed by atoms with Gasteiger partial charge in [0.15, 0.2) is 5.13 Å². The predicted molar refractivity (Wildman–Crippen MR) is 68.8 cm³/mol. The third-order valence-electron chi connectivity index (χ3n) is 2.22. The smallest absolute Gasteiger partial charge is 0.309 e. The fourth-order valence-corrected chi connectivity index (χ4v) is 1.90. The van der Waals surface area contributed by atoms with Gasteiger partial charge >= 0.3 is 5.97 Å². The predicted octanol–water partition coefficient (Wildman–Crippen LogP) is 2.23. The zero-order chi connectivity index (χ0) is 13.0. The van der Waals surface area contributed by atoms with E-state index in [2.05, 4.69) is 9.72 Å². The number of nitrogen functional groups attached to an aromatic ring is 1. The van der Waals surface area contributed by atoms with E-state index in [1.54, 1.807) is 18.3 Å². The Morgan fingerprint density at radius 2 is 2.11 bits per heavy atom. The monoisotopic (exact) mass is 264 g/mol. The third-order valence-corrected chi connectivity index (χ3v) is 2.92. The normalized spacial score (nSPS) is 10.1. The zero-order valence-corrected chi connectivity index (χ0v) is 10.6. The molecular formula is C12H12N2O3S. The molecule has 94 valence electrons. The quantitative estimate of drug-likeness (QED) is 0.857. The van der Waals surface area contributed by atoms with Crippen molar-refractivity contribution in [3.8, 4) is 10.8 Å².